The second-order valence-corrected chi connectivity index (χ2v) is 6.29. The minimum atomic E-state index is -0.680. The number of nitro benzene ring substituents is 1. The zero-order valence-corrected chi connectivity index (χ0v) is 13.4. The molecule has 0 fully saturated rings. The van der Waals surface area contributed by atoms with E-state index in [4.69, 9.17) is 11.5 Å². The third-order valence-corrected chi connectivity index (χ3v) is 4.37. The summed E-state index contributed by atoms with van der Waals surface area (Å²) in [7, 11) is 0. The Balaban J connectivity index is 2.38. The van der Waals surface area contributed by atoms with Gasteiger partial charge in [-0.3, -0.25) is 14.9 Å². The lowest BCUT2D eigenvalue weighted by atomic mass is 10.0. The molecule has 0 aliphatic heterocycles. The average Bonchev–Trinajstić information content (AvgIpc) is 2.49. The van der Waals surface area contributed by atoms with E-state index < -0.39 is 16.9 Å². The zero-order valence-electron chi connectivity index (χ0n) is 12.6. The van der Waals surface area contributed by atoms with Crippen molar-refractivity contribution in [2.75, 3.05) is 0 Å². The van der Waals surface area contributed by atoms with Gasteiger partial charge in [-0.25, -0.2) is 0 Å². The standard InChI is InChI=1S/C16H17N3O3S/c1-10-2-5-12(6-3-10)23-15-7-4-11(19(21)22)8-13(15)14(17)9-16(18)20/h2-8,14H,9,17H2,1H3,(H2,18,20). The van der Waals surface area contributed by atoms with Crippen LogP contribution in [0.15, 0.2) is 52.3 Å². The second kappa shape index (κ2) is 7.26. The normalized spacial score (nSPS) is 11.9. The van der Waals surface area contributed by atoms with Crippen molar-refractivity contribution >= 4 is 23.4 Å². The maximum Gasteiger partial charge on any atom is 0.269 e. The molecule has 1 amide bonds. The number of carbonyl (C=O) groups excluding carboxylic acids is 1. The Morgan fingerprint density at radius 1 is 1.26 bits per heavy atom. The summed E-state index contributed by atoms with van der Waals surface area (Å²) in [5.74, 6) is -0.546. The van der Waals surface area contributed by atoms with Crippen LogP contribution < -0.4 is 11.5 Å². The lowest BCUT2D eigenvalue weighted by molar-refractivity contribution is -0.385. The Bertz CT molecular complexity index is 732. The van der Waals surface area contributed by atoms with Crippen molar-refractivity contribution in [2.45, 2.75) is 29.2 Å². The van der Waals surface area contributed by atoms with Gasteiger partial charge in [0.25, 0.3) is 5.69 Å². The van der Waals surface area contributed by atoms with E-state index in [1.807, 2.05) is 31.2 Å². The van der Waals surface area contributed by atoms with E-state index in [1.54, 1.807) is 6.07 Å². The highest BCUT2D eigenvalue weighted by atomic mass is 32.2. The van der Waals surface area contributed by atoms with Crippen LogP contribution in [0.4, 0.5) is 5.69 Å². The van der Waals surface area contributed by atoms with E-state index in [0.29, 0.717) is 5.56 Å². The van der Waals surface area contributed by atoms with Crippen molar-refractivity contribution < 1.29 is 9.72 Å². The van der Waals surface area contributed by atoms with Crippen LogP contribution in [0.3, 0.4) is 0 Å². The third kappa shape index (κ3) is 4.54. The molecule has 0 saturated heterocycles. The monoisotopic (exact) mass is 331 g/mol. The maximum atomic E-state index is 11.1. The smallest absolute Gasteiger partial charge is 0.269 e. The largest absolute Gasteiger partial charge is 0.370 e. The number of nitrogens with zero attached hydrogens (tertiary/aromatic N) is 1. The first kappa shape index (κ1) is 17.0. The fraction of sp³-hybridized carbons (Fsp3) is 0.188. The number of hydrogen-bond donors (Lipinski definition) is 2. The van der Waals surface area contributed by atoms with Crippen LogP contribution in [0.25, 0.3) is 0 Å². The summed E-state index contributed by atoms with van der Waals surface area (Å²) in [5, 5.41) is 11.0. The summed E-state index contributed by atoms with van der Waals surface area (Å²) >= 11 is 1.44. The van der Waals surface area contributed by atoms with Crippen molar-refractivity contribution in [1.82, 2.24) is 0 Å². The molecule has 0 aliphatic carbocycles. The van der Waals surface area contributed by atoms with Crippen LogP contribution in [0, 0.1) is 17.0 Å². The Morgan fingerprint density at radius 3 is 2.48 bits per heavy atom. The lowest BCUT2D eigenvalue weighted by Gasteiger charge is -2.15. The number of primary amides is 1. The number of amides is 1. The number of non-ortho nitro benzene ring substituents is 1. The minimum absolute atomic E-state index is 0.0619. The molecule has 4 N–H and O–H groups in total. The summed E-state index contributed by atoms with van der Waals surface area (Å²) in [6, 6.07) is 11.7. The summed E-state index contributed by atoms with van der Waals surface area (Å²) in [4.78, 5) is 23.4. The minimum Gasteiger partial charge on any atom is -0.370 e. The highest BCUT2D eigenvalue weighted by Crippen LogP contribution is 2.35. The molecule has 0 aromatic heterocycles. The number of carbonyl (C=O) groups is 1. The van der Waals surface area contributed by atoms with Crippen molar-refractivity contribution in [2.24, 2.45) is 11.5 Å². The number of benzene rings is 2. The van der Waals surface area contributed by atoms with Gasteiger partial charge in [0.15, 0.2) is 0 Å². The van der Waals surface area contributed by atoms with E-state index in [-0.39, 0.29) is 12.1 Å². The summed E-state index contributed by atoms with van der Waals surface area (Å²) in [6.07, 6.45) is -0.0668. The zero-order chi connectivity index (χ0) is 17.0. The molecule has 1 unspecified atom stereocenters. The van der Waals surface area contributed by atoms with Crippen molar-refractivity contribution in [3.05, 3.63) is 63.7 Å². The number of aryl methyl sites for hydroxylation is 1. The summed E-state index contributed by atoms with van der Waals surface area (Å²) < 4.78 is 0. The van der Waals surface area contributed by atoms with Crippen molar-refractivity contribution in [3.63, 3.8) is 0 Å². The number of nitrogens with two attached hydrogens (primary N) is 2. The van der Waals surface area contributed by atoms with Gasteiger partial charge in [-0.1, -0.05) is 29.5 Å². The van der Waals surface area contributed by atoms with Gasteiger partial charge in [0.05, 0.1) is 4.92 Å². The first-order chi connectivity index (χ1) is 10.9. The molecule has 0 spiro atoms. The predicted octanol–water partition coefficient (Wildman–Crippen LogP) is 2.93. The molecule has 2 aromatic rings. The average molecular weight is 331 g/mol. The van der Waals surface area contributed by atoms with Gasteiger partial charge in [-0.05, 0) is 30.7 Å². The molecular formula is C16H17N3O3S. The molecule has 23 heavy (non-hydrogen) atoms. The first-order valence-electron chi connectivity index (χ1n) is 6.93. The highest BCUT2D eigenvalue weighted by Gasteiger charge is 2.18. The Kier molecular flexibility index (Phi) is 5.36. The van der Waals surface area contributed by atoms with Crippen LogP contribution in [0.2, 0.25) is 0 Å². The van der Waals surface area contributed by atoms with E-state index in [9.17, 15) is 14.9 Å². The third-order valence-electron chi connectivity index (χ3n) is 3.27. The molecule has 0 bridgehead atoms. The van der Waals surface area contributed by atoms with Crippen LogP contribution >= 0.6 is 11.8 Å². The Labute approximate surface area is 138 Å². The van der Waals surface area contributed by atoms with Gasteiger partial charge in [-0.15, -0.1) is 0 Å². The van der Waals surface area contributed by atoms with Gasteiger partial charge in [0.2, 0.25) is 5.91 Å². The molecule has 1 atom stereocenters. The number of hydrogen-bond acceptors (Lipinski definition) is 5. The first-order valence-corrected chi connectivity index (χ1v) is 7.75. The van der Waals surface area contributed by atoms with Gasteiger partial charge in [-0.2, -0.15) is 0 Å². The van der Waals surface area contributed by atoms with Crippen LogP contribution in [0.1, 0.15) is 23.6 Å². The number of rotatable bonds is 6. The molecule has 0 heterocycles. The lowest BCUT2D eigenvalue weighted by Crippen LogP contribution is -2.21. The quantitative estimate of drug-likeness (QED) is 0.624. The van der Waals surface area contributed by atoms with Crippen LogP contribution in [0.5, 0.6) is 0 Å². The topological polar surface area (TPSA) is 112 Å². The van der Waals surface area contributed by atoms with Gasteiger partial charge >= 0.3 is 0 Å². The second-order valence-electron chi connectivity index (χ2n) is 5.17. The summed E-state index contributed by atoms with van der Waals surface area (Å²) in [5.41, 5.74) is 12.8. The molecule has 0 aliphatic rings. The summed E-state index contributed by atoms with van der Waals surface area (Å²) in [6.45, 7) is 1.99. The number of nitro groups is 1. The fourth-order valence-corrected chi connectivity index (χ4v) is 3.08. The van der Waals surface area contributed by atoms with Crippen LogP contribution in [-0.2, 0) is 4.79 Å². The molecular weight excluding hydrogens is 314 g/mol. The Morgan fingerprint density at radius 2 is 1.91 bits per heavy atom. The van der Waals surface area contributed by atoms with Crippen LogP contribution in [-0.4, -0.2) is 10.8 Å². The molecule has 2 rings (SSSR count). The predicted molar refractivity (Wildman–Crippen MR) is 89.1 cm³/mol. The van der Waals surface area contributed by atoms with E-state index in [1.165, 1.54) is 23.9 Å². The van der Waals surface area contributed by atoms with Gasteiger partial charge < -0.3 is 11.5 Å². The van der Waals surface area contributed by atoms with E-state index in [0.717, 1.165) is 15.4 Å². The van der Waals surface area contributed by atoms with Crippen molar-refractivity contribution in [1.29, 1.82) is 0 Å². The highest BCUT2D eigenvalue weighted by molar-refractivity contribution is 7.99. The van der Waals surface area contributed by atoms with E-state index in [2.05, 4.69) is 0 Å². The molecule has 2 aromatic carbocycles. The maximum absolute atomic E-state index is 11.1. The molecule has 0 radical (unpaired) electrons. The van der Waals surface area contributed by atoms with Gasteiger partial charge in [0, 0.05) is 34.4 Å². The Hall–Kier alpha value is -2.38. The van der Waals surface area contributed by atoms with Gasteiger partial charge in [0.1, 0.15) is 0 Å². The van der Waals surface area contributed by atoms with E-state index >= 15 is 0 Å². The molecule has 7 heteroatoms. The fourth-order valence-electron chi connectivity index (χ4n) is 2.09. The molecule has 6 nitrogen and oxygen atoms in total. The SMILES string of the molecule is Cc1ccc(Sc2ccc([N+](=O)[O-])cc2C(N)CC(N)=O)cc1. The van der Waals surface area contributed by atoms with Crippen molar-refractivity contribution in [3.8, 4) is 0 Å². The molecule has 120 valence electrons. The molecule has 0 saturated carbocycles.